The lowest BCUT2D eigenvalue weighted by Gasteiger charge is -2.27. The van der Waals surface area contributed by atoms with Crippen LogP contribution in [-0.4, -0.2) is 52.4 Å². The Kier molecular flexibility index (Phi) is 7.73. The van der Waals surface area contributed by atoms with Crippen LogP contribution >= 0.6 is 0 Å². The van der Waals surface area contributed by atoms with Gasteiger partial charge in [-0.2, -0.15) is 4.31 Å². The predicted octanol–water partition coefficient (Wildman–Crippen LogP) is 4.64. The van der Waals surface area contributed by atoms with Gasteiger partial charge in [0.15, 0.2) is 0 Å². The van der Waals surface area contributed by atoms with Crippen LogP contribution < -0.4 is 15.5 Å². The van der Waals surface area contributed by atoms with Gasteiger partial charge in [0.2, 0.25) is 15.9 Å². The Morgan fingerprint density at radius 3 is 2.29 bits per heavy atom. The fourth-order valence-corrected chi connectivity index (χ4v) is 5.84. The molecule has 0 spiro atoms. The molecule has 184 valence electrons. The zero-order chi connectivity index (χ0) is 24.8. The van der Waals surface area contributed by atoms with E-state index in [4.69, 9.17) is 0 Å². The number of para-hydroxylation sites is 1. The van der Waals surface area contributed by atoms with E-state index in [-0.39, 0.29) is 17.3 Å². The summed E-state index contributed by atoms with van der Waals surface area (Å²) in [4.78, 5) is 15.0. The Morgan fingerprint density at radius 1 is 0.886 bits per heavy atom. The summed E-state index contributed by atoms with van der Waals surface area (Å²) >= 11 is 0. The topological polar surface area (TPSA) is 81.8 Å². The number of rotatable bonds is 8. The van der Waals surface area contributed by atoms with Gasteiger partial charge in [0.25, 0.3) is 0 Å². The van der Waals surface area contributed by atoms with Crippen LogP contribution in [-0.2, 0) is 14.8 Å². The summed E-state index contributed by atoms with van der Waals surface area (Å²) < 4.78 is 27.9. The van der Waals surface area contributed by atoms with Crippen LogP contribution in [0.3, 0.4) is 0 Å². The molecule has 4 rings (SSSR count). The summed E-state index contributed by atoms with van der Waals surface area (Å²) in [5, 5.41) is 6.14. The summed E-state index contributed by atoms with van der Waals surface area (Å²) in [6.07, 6.45) is 2.82. The minimum atomic E-state index is -3.58. The first-order valence-corrected chi connectivity index (χ1v) is 13.3. The predicted molar refractivity (Wildman–Crippen MR) is 142 cm³/mol. The highest BCUT2D eigenvalue weighted by atomic mass is 32.2. The maximum atomic E-state index is 13.2. The van der Waals surface area contributed by atoms with Crippen LogP contribution in [0.25, 0.3) is 11.1 Å². The molecule has 1 fully saturated rings. The number of sulfonamides is 1. The third-order valence-corrected chi connectivity index (χ3v) is 8.02. The fraction of sp³-hybridized carbons (Fsp3) is 0.296. The van der Waals surface area contributed by atoms with E-state index in [0.717, 1.165) is 41.8 Å². The average molecular weight is 493 g/mol. The van der Waals surface area contributed by atoms with Crippen molar-refractivity contribution in [2.24, 2.45) is 0 Å². The quantitative estimate of drug-likeness (QED) is 0.479. The lowest BCUT2D eigenvalue weighted by atomic mass is 10.0. The molecule has 0 bridgehead atoms. The highest BCUT2D eigenvalue weighted by Crippen LogP contribution is 2.30. The molecule has 2 N–H and O–H groups in total. The van der Waals surface area contributed by atoms with Crippen molar-refractivity contribution >= 4 is 33.0 Å². The molecule has 1 aliphatic rings. The van der Waals surface area contributed by atoms with Crippen LogP contribution in [0.2, 0.25) is 0 Å². The number of carbonyl (C=O) groups is 1. The lowest BCUT2D eigenvalue weighted by Crippen LogP contribution is -2.35. The number of hydrogen-bond donors (Lipinski definition) is 2. The second-order valence-corrected chi connectivity index (χ2v) is 10.8. The van der Waals surface area contributed by atoms with Gasteiger partial charge in [-0.25, -0.2) is 8.42 Å². The van der Waals surface area contributed by atoms with E-state index in [1.165, 1.54) is 0 Å². The number of nitrogens with one attached hydrogen (secondary N) is 2. The fourth-order valence-electron chi connectivity index (χ4n) is 4.29. The van der Waals surface area contributed by atoms with Gasteiger partial charge in [0.05, 0.1) is 22.8 Å². The Balaban J connectivity index is 1.51. The number of nitrogens with zero attached hydrogens (tertiary/aromatic N) is 2. The van der Waals surface area contributed by atoms with Crippen LogP contribution in [0, 0.1) is 0 Å². The minimum Gasteiger partial charge on any atom is -0.376 e. The molecule has 1 amide bonds. The highest BCUT2D eigenvalue weighted by Gasteiger charge is 2.26. The van der Waals surface area contributed by atoms with E-state index in [1.807, 2.05) is 73.6 Å². The number of benzene rings is 3. The first kappa shape index (κ1) is 24.8. The molecule has 0 saturated carbocycles. The summed E-state index contributed by atoms with van der Waals surface area (Å²) in [5.74, 6) is -0.220. The molecule has 0 aliphatic carbocycles. The maximum absolute atomic E-state index is 13.2. The average Bonchev–Trinajstić information content (AvgIpc) is 2.88. The van der Waals surface area contributed by atoms with Gasteiger partial charge in [-0.05, 0) is 42.7 Å². The highest BCUT2D eigenvalue weighted by molar-refractivity contribution is 7.89. The Hall–Kier alpha value is -3.36. The smallest absolute Gasteiger partial charge is 0.243 e. The summed E-state index contributed by atoms with van der Waals surface area (Å²) in [5.41, 5.74) is 4.08. The number of anilines is 3. The normalized spacial score (nSPS) is 14.3. The summed E-state index contributed by atoms with van der Waals surface area (Å²) in [7, 11) is 0.193. The van der Waals surface area contributed by atoms with Gasteiger partial charge in [0, 0.05) is 38.4 Å². The SMILES string of the molecule is CN(C)c1ccc(S(=O)(=O)N2CCCCC2)cc1NCC(=O)Nc1ccccc1-c1ccccc1. The van der Waals surface area contributed by atoms with E-state index < -0.39 is 10.0 Å². The van der Waals surface area contributed by atoms with Crippen LogP contribution in [0.1, 0.15) is 19.3 Å². The molecule has 0 radical (unpaired) electrons. The van der Waals surface area contributed by atoms with E-state index in [9.17, 15) is 13.2 Å². The van der Waals surface area contributed by atoms with E-state index >= 15 is 0 Å². The molecule has 3 aromatic carbocycles. The molecular weight excluding hydrogens is 460 g/mol. The molecular formula is C27H32N4O3S. The molecule has 1 heterocycles. The lowest BCUT2D eigenvalue weighted by molar-refractivity contribution is -0.114. The van der Waals surface area contributed by atoms with Crippen molar-refractivity contribution in [3.63, 3.8) is 0 Å². The monoisotopic (exact) mass is 492 g/mol. The first-order valence-electron chi connectivity index (χ1n) is 11.9. The zero-order valence-electron chi connectivity index (χ0n) is 20.2. The van der Waals surface area contributed by atoms with Crippen molar-refractivity contribution in [2.75, 3.05) is 49.3 Å². The molecule has 1 saturated heterocycles. The number of amides is 1. The second kappa shape index (κ2) is 10.9. The molecule has 7 nitrogen and oxygen atoms in total. The molecule has 35 heavy (non-hydrogen) atoms. The van der Waals surface area contributed by atoms with Gasteiger partial charge in [0.1, 0.15) is 0 Å². The molecule has 0 unspecified atom stereocenters. The van der Waals surface area contributed by atoms with Crippen molar-refractivity contribution in [3.05, 3.63) is 72.8 Å². The largest absolute Gasteiger partial charge is 0.376 e. The number of hydrogen-bond acceptors (Lipinski definition) is 5. The van der Waals surface area contributed by atoms with Gasteiger partial charge < -0.3 is 15.5 Å². The summed E-state index contributed by atoms with van der Waals surface area (Å²) in [6, 6.07) is 22.6. The van der Waals surface area contributed by atoms with Gasteiger partial charge in [-0.15, -0.1) is 0 Å². The van der Waals surface area contributed by atoms with Crippen LogP contribution in [0.4, 0.5) is 17.1 Å². The van der Waals surface area contributed by atoms with Crippen molar-refractivity contribution < 1.29 is 13.2 Å². The van der Waals surface area contributed by atoms with Crippen LogP contribution in [0.15, 0.2) is 77.7 Å². The maximum Gasteiger partial charge on any atom is 0.243 e. The number of carbonyl (C=O) groups excluding carboxylic acids is 1. The Bertz CT molecular complexity index is 1270. The Labute approximate surface area is 207 Å². The van der Waals surface area contributed by atoms with Crippen molar-refractivity contribution in [2.45, 2.75) is 24.2 Å². The zero-order valence-corrected chi connectivity index (χ0v) is 21.0. The van der Waals surface area contributed by atoms with Gasteiger partial charge >= 0.3 is 0 Å². The van der Waals surface area contributed by atoms with Crippen LogP contribution in [0.5, 0.6) is 0 Å². The van der Waals surface area contributed by atoms with Crippen molar-refractivity contribution in [1.29, 1.82) is 0 Å². The Morgan fingerprint density at radius 2 is 1.57 bits per heavy atom. The van der Waals surface area contributed by atoms with Gasteiger partial charge in [-0.3, -0.25) is 4.79 Å². The van der Waals surface area contributed by atoms with E-state index in [1.54, 1.807) is 22.5 Å². The van der Waals surface area contributed by atoms with E-state index in [0.29, 0.717) is 18.8 Å². The molecule has 0 atom stereocenters. The molecule has 8 heteroatoms. The van der Waals surface area contributed by atoms with Crippen molar-refractivity contribution in [1.82, 2.24) is 4.31 Å². The molecule has 1 aliphatic heterocycles. The number of piperidine rings is 1. The third-order valence-electron chi connectivity index (χ3n) is 6.13. The first-order chi connectivity index (χ1) is 16.9. The standard InChI is InChI=1S/C27H32N4O3S/c1-30(2)26-16-15-22(35(33,34)31-17-9-4-10-18-31)19-25(26)28-20-27(32)29-24-14-8-7-13-23(24)21-11-5-3-6-12-21/h3,5-8,11-16,19,28H,4,9-10,17-18,20H2,1-2H3,(H,29,32). The molecule has 3 aromatic rings. The van der Waals surface area contributed by atoms with E-state index in [2.05, 4.69) is 10.6 Å². The summed E-state index contributed by atoms with van der Waals surface area (Å²) in [6.45, 7) is 1.09. The third kappa shape index (κ3) is 5.83. The van der Waals surface area contributed by atoms with Gasteiger partial charge in [-0.1, -0.05) is 55.0 Å². The second-order valence-electron chi connectivity index (χ2n) is 8.85. The minimum absolute atomic E-state index is 0.00280. The van der Waals surface area contributed by atoms with Crippen molar-refractivity contribution in [3.8, 4) is 11.1 Å². The molecule has 0 aromatic heterocycles.